The van der Waals surface area contributed by atoms with Gasteiger partial charge in [0.15, 0.2) is 0 Å². The number of rotatable bonds is 21. The first kappa shape index (κ1) is 116. The van der Waals surface area contributed by atoms with Crippen molar-refractivity contribution >= 4 is 251 Å². The maximum Gasteiger partial charge on any atom is 0.505 e. The molecule has 3 fully saturated rings. The van der Waals surface area contributed by atoms with Crippen LogP contribution in [0.5, 0.6) is 0 Å². The van der Waals surface area contributed by atoms with Gasteiger partial charge in [0.25, 0.3) is 0 Å². The molecule has 29 heteroatoms. The van der Waals surface area contributed by atoms with Crippen LogP contribution in [0.25, 0.3) is 30.3 Å². The van der Waals surface area contributed by atoms with Gasteiger partial charge >= 0.3 is 42.5 Å². The molecule has 12 heterocycles. The molecule has 0 saturated carbocycles. The first-order chi connectivity index (χ1) is 57.5. The summed E-state index contributed by atoms with van der Waals surface area (Å²) < 4.78 is 49.2. The molecular weight excluding hydrogens is 1920 g/mol. The van der Waals surface area contributed by atoms with Gasteiger partial charge in [-0.05, 0) is 292 Å². The van der Waals surface area contributed by atoms with Crippen molar-refractivity contribution in [3.8, 4) is 0 Å². The van der Waals surface area contributed by atoms with E-state index >= 15 is 0 Å². The summed E-state index contributed by atoms with van der Waals surface area (Å²) in [5.74, 6) is 0. The number of fused-ring (bicyclic) bond motifs is 3. The SMILES string of the molecule is Brc1ccccc1.Brc1cccs1.C.C.C.C.CC1(C)OB(c2cc3ccccc3s2)OC1(C)C.CC1(C)OB(c2cccs2)OC1(C)C.CCCCCCc1csc(B(C)O)c1.CCCCCCc1csc(B2OC(C)(C)C(C)(C)O2)c1.CCCCCCc1csc(Br)c1.Cc1cc2ccccc2s1.OB(O)c1cc2ccccc2s1.OB(O)c1cccs1. The van der Waals surface area contributed by atoms with Crippen LogP contribution in [0.15, 0.2) is 220 Å². The molecule has 11 nitrogen and oxygen atoms in total. The Morgan fingerprint density at radius 2 is 0.720 bits per heavy atom. The second-order valence-electron chi connectivity index (χ2n) is 32.6. The van der Waals surface area contributed by atoms with Gasteiger partial charge in [-0.3, -0.25) is 0 Å². The quantitative estimate of drug-likeness (QED) is 0.0345. The summed E-state index contributed by atoms with van der Waals surface area (Å²) in [4.78, 5) is 1.39. The normalized spacial score (nSPS) is 14.6. The van der Waals surface area contributed by atoms with Crippen molar-refractivity contribution in [3.63, 3.8) is 0 Å². The fourth-order valence-corrected chi connectivity index (χ4v) is 20.3. The highest BCUT2D eigenvalue weighted by Gasteiger charge is 2.54. The third-order valence-electron chi connectivity index (χ3n) is 21.0. The Kier molecular flexibility index (Phi) is 53.3. The van der Waals surface area contributed by atoms with Crippen LogP contribution in [0, 0.1) is 6.92 Å². The molecule has 3 saturated heterocycles. The second-order valence-corrected chi connectivity index (χ2v) is 45.5. The first-order valence-corrected chi connectivity index (χ1v) is 51.8. The van der Waals surface area contributed by atoms with Crippen LogP contribution in [-0.4, -0.2) is 101 Å². The summed E-state index contributed by atoms with van der Waals surface area (Å²) in [6, 6.07) is 59.0. The van der Waals surface area contributed by atoms with Gasteiger partial charge in [0.05, 0.1) is 41.2 Å². The van der Waals surface area contributed by atoms with Crippen molar-refractivity contribution in [1.82, 2.24) is 0 Å². The largest absolute Gasteiger partial charge is 0.505 e. The minimum Gasteiger partial charge on any atom is -0.446 e. The number of benzene rings is 4. The molecule has 0 aliphatic carbocycles. The Labute approximate surface area is 815 Å². The topological polar surface area (TPSA) is 157 Å². The van der Waals surface area contributed by atoms with E-state index in [0.717, 1.165) is 28.9 Å². The summed E-state index contributed by atoms with van der Waals surface area (Å²) in [5, 5.41) is 60.3. The zero-order valence-electron chi connectivity index (χ0n) is 73.3. The number of hydrogen-bond donors (Lipinski definition) is 5. The van der Waals surface area contributed by atoms with Crippen LogP contribution >= 0.6 is 150 Å². The number of thiophene rings is 9. The molecular formula is C96H137B6Br3O11S9. The van der Waals surface area contributed by atoms with E-state index in [1.54, 1.807) is 91.6 Å². The molecule has 0 bridgehead atoms. The number of hydrogen-bond acceptors (Lipinski definition) is 20. The molecule has 9 aromatic heterocycles. The van der Waals surface area contributed by atoms with E-state index in [4.69, 9.17) is 48.0 Å². The maximum absolute atomic E-state index is 9.36. The van der Waals surface area contributed by atoms with Gasteiger partial charge in [-0.2, -0.15) is 45.3 Å². The minimum absolute atomic E-state index is 0. The Bertz CT molecular complexity index is 4820. The van der Waals surface area contributed by atoms with Crippen molar-refractivity contribution in [2.24, 2.45) is 0 Å². The zero-order chi connectivity index (χ0) is 88.4. The lowest BCUT2D eigenvalue weighted by Crippen LogP contribution is -2.41. The van der Waals surface area contributed by atoms with Crippen LogP contribution in [0.4, 0.5) is 0 Å². The Morgan fingerprint density at radius 1 is 0.328 bits per heavy atom. The molecule has 13 aromatic rings. The molecule has 16 rings (SSSR count). The molecule has 3 aliphatic rings. The molecule has 0 amide bonds. The fourth-order valence-electron chi connectivity index (χ4n) is 11.9. The van der Waals surface area contributed by atoms with Crippen molar-refractivity contribution in [1.29, 1.82) is 0 Å². The summed E-state index contributed by atoms with van der Waals surface area (Å²) >= 11 is 25.0. The molecule has 0 spiro atoms. The Hall–Kier alpha value is -3.65. The molecule has 0 radical (unpaired) electrons. The average molecular weight is 2060 g/mol. The van der Waals surface area contributed by atoms with Crippen molar-refractivity contribution in [2.45, 2.75) is 277 Å². The van der Waals surface area contributed by atoms with Crippen LogP contribution in [-0.2, 0) is 47.2 Å². The van der Waals surface area contributed by atoms with Crippen LogP contribution in [0.3, 0.4) is 0 Å². The lowest BCUT2D eigenvalue weighted by Gasteiger charge is -2.32. The highest BCUT2D eigenvalue weighted by molar-refractivity contribution is 9.11. The molecule has 3 aliphatic heterocycles. The lowest BCUT2D eigenvalue weighted by molar-refractivity contribution is 0.00578. The van der Waals surface area contributed by atoms with Gasteiger partial charge in [0, 0.05) is 52.1 Å². The molecule has 5 N–H and O–H groups in total. The van der Waals surface area contributed by atoms with Crippen LogP contribution in [0.1, 0.15) is 232 Å². The van der Waals surface area contributed by atoms with Crippen molar-refractivity contribution < 1.29 is 53.0 Å². The van der Waals surface area contributed by atoms with Gasteiger partial charge < -0.3 is 53.0 Å². The smallest absolute Gasteiger partial charge is 0.446 e. The monoisotopic (exact) mass is 2060 g/mol. The van der Waals surface area contributed by atoms with Crippen molar-refractivity contribution in [3.05, 3.63) is 242 Å². The predicted molar refractivity (Wildman–Crippen MR) is 576 cm³/mol. The van der Waals surface area contributed by atoms with Gasteiger partial charge in [-0.15, -0.1) is 56.7 Å². The van der Waals surface area contributed by atoms with Crippen molar-refractivity contribution in [2.75, 3.05) is 0 Å². The summed E-state index contributed by atoms with van der Waals surface area (Å²) in [5.41, 5.74) is 2.80. The van der Waals surface area contributed by atoms with Gasteiger partial charge in [0.1, 0.15) is 0 Å². The van der Waals surface area contributed by atoms with E-state index < -0.39 is 14.2 Å². The van der Waals surface area contributed by atoms with E-state index in [1.807, 2.05) is 108 Å². The standard InChI is InChI=1S/C16H27BO2S.C14H17BO2S.C11H19BOS.C10H15BO2S.C10H15BrS.C9H8S.C8H7BO2S.C6H5Br.C4H5BO2S.C4H3BrS.4CH4/c1-6-7-8-9-10-13-11-14(20-12-13)17-18-15(2,3)16(4,5)19-17;1-13(2)14(3,4)17-15(16-13)12-9-10-7-5-6-8-11(10)18-12;1-3-4-5-6-7-10-8-11(12(2)13)14-9-10;1-9(2)10(3,4)13-11(12-9)8-6-5-7-14-8;1-2-3-4-5-6-9-7-10(11)12-8-9;1-7-6-8-4-2-3-5-9(8)10-7;10-9(11)8-5-6-3-1-2-4-7(6)12-8;7-6-4-2-1-3-5-6;6-5(7)4-2-1-3-8-4;5-4-2-1-3-6-4;;;;/h11-12H,6-10H2,1-5H3;5-9H,1-4H3;8-9,13H,3-7H2,1-2H3;5-7H,1-4H3;7-8H,2-6H2,1H3;2-6H,1H3;1-5,10-11H;1-5H;1-3,6-7H;1-3H;4*1H4. The molecule has 0 unspecified atom stereocenters. The van der Waals surface area contributed by atoms with Gasteiger partial charge in [0.2, 0.25) is 0 Å². The molecule has 0 atom stereocenters. The Morgan fingerprint density at radius 3 is 1.08 bits per heavy atom. The lowest BCUT2D eigenvalue weighted by atomic mass is 9.70. The summed E-state index contributed by atoms with van der Waals surface area (Å²) in [7, 11) is -3.28. The van der Waals surface area contributed by atoms with Gasteiger partial charge in [-0.1, -0.05) is 240 Å². The highest BCUT2D eigenvalue weighted by atomic mass is 79.9. The number of halogens is 3. The van der Waals surface area contributed by atoms with E-state index in [2.05, 4.69) is 254 Å². The predicted octanol–water partition coefficient (Wildman–Crippen LogP) is 27.5. The minimum atomic E-state index is -1.35. The Balaban J connectivity index is 0.000000363. The maximum atomic E-state index is 9.36. The zero-order valence-corrected chi connectivity index (χ0v) is 85.4. The molecule has 125 heavy (non-hydrogen) atoms. The third kappa shape index (κ3) is 38.8. The van der Waals surface area contributed by atoms with Crippen LogP contribution in [0.2, 0.25) is 6.82 Å². The number of aryl methyl sites for hydroxylation is 4. The van der Waals surface area contributed by atoms with Gasteiger partial charge in [-0.25, -0.2) is 0 Å². The highest BCUT2D eigenvalue weighted by Crippen LogP contribution is 2.40. The first-order valence-electron chi connectivity index (χ1n) is 41.7. The summed E-state index contributed by atoms with van der Waals surface area (Å²) in [6.07, 6.45) is 19.5. The van der Waals surface area contributed by atoms with E-state index in [0.29, 0.717) is 9.55 Å². The van der Waals surface area contributed by atoms with E-state index in [1.165, 1.54) is 173 Å². The molecule has 4 aromatic carbocycles. The third-order valence-corrected chi connectivity index (χ3v) is 31.9. The fraction of sp³-hybridized carbons (Fsp3) is 0.438. The van der Waals surface area contributed by atoms with E-state index in [9.17, 15) is 5.02 Å². The van der Waals surface area contributed by atoms with E-state index in [-0.39, 0.29) is 91.6 Å². The summed E-state index contributed by atoms with van der Waals surface area (Å²) in [6.45, 7) is 35.4. The average Bonchev–Trinajstić information content (AvgIpc) is 1.64. The second kappa shape index (κ2) is 57.7. The number of unbranched alkanes of at least 4 members (excludes halogenated alkanes) is 9. The van der Waals surface area contributed by atoms with Crippen LogP contribution < -0.4 is 28.7 Å². The molecule has 680 valence electrons.